The molecule has 1 N–H and O–H groups in total. The van der Waals surface area contributed by atoms with Crippen molar-refractivity contribution in [2.75, 3.05) is 13.7 Å². The van der Waals surface area contributed by atoms with Crippen molar-refractivity contribution in [1.29, 1.82) is 0 Å². The summed E-state index contributed by atoms with van der Waals surface area (Å²) in [5, 5.41) is 11.3. The zero-order valence-electron chi connectivity index (χ0n) is 10.5. The van der Waals surface area contributed by atoms with Gasteiger partial charge < -0.3 is 14.5 Å². The first kappa shape index (κ1) is 13.1. The first-order valence-corrected chi connectivity index (χ1v) is 5.72. The maximum Gasteiger partial charge on any atom is 0.244 e. The molecule has 1 unspecified atom stereocenters. The Labute approximate surface area is 96.6 Å². The number of nitrogens with one attached hydrogen (secondary N) is 1. The van der Waals surface area contributed by atoms with Gasteiger partial charge in [-0.15, -0.1) is 10.2 Å². The lowest BCUT2D eigenvalue weighted by molar-refractivity contribution is 0.0935. The molecule has 1 rings (SSSR count). The van der Waals surface area contributed by atoms with Crippen LogP contribution in [0.15, 0.2) is 4.42 Å². The fourth-order valence-corrected chi connectivity index (χ4v) is 1.26. The number of hydrogen-bond donors (Lipinski definition) is 1. The molecule has 0 amide bonds. The Morgan fingerprint density at radius 1 is 1.31 bits per heavy atom. The van der Waals surface area contributed by atoms with Crippen molar-refractivity contribution >= 4 is 0 Å². The molecule has 1 atom stereocenters. The molecule has 1 aromatic heterocycles. The predicted octanol–water partition coefficient (Wildman–Crippen LogP) is 1.71. The van der Waals surface area contributed by atoms with Crippen molar-refractivity contribution in [3.05, 3.63) is 11.8 Å². The normalized spacial score (nSPS) is 13.3. The van der Waals surface area contributed by atoms with E-state index in [0.717, 1.165) is 19.4 Å². The van der Waals surface area contributed by atoms with Crippen LogP contribution >= 0.6 is 0 Å². The maximum atomic E-state index is 5.47. The SMILES string of the molecule is COC(C)c1nnc(CCCNC(C)C)o1. The molecule has 0 aliphatic carbocycles. The minimum absolute atomic E-state index is 0.130. The third kappa shape index (κ3) is 4.28. The van der Waals surface area contributed by atoms with E-state index in [0.29, 0.717) is 17.8 Å². The van der Waals surface area contributed by atoms with Crippen LogP contribution in [0.2, 0.25) is 0 Å². The molecule has 1 aromatic rings. The lowest BCUT2D eigenvalue weighted by Crippen LogP contribution is -2.23. The van der Waals surface area contributed by atoms with E-state index < -0.39 is 0 Å². The van der Waals surface area contributed by atoms with Gasteiger partial charge in [0, 0.05) is 19.6 Å². The maximum absolute atomic E-state index is 5.47. The summed E-state index contributed by atoms with van der Waals surface area (Å²) in [5.74, 6) is 1.23. The van der Waals surface area contributed by atoms with E-state index in [-0.39, 0.29) is 6.10 Å². The Balaban J connectivity index is 2.29. The van der Waals surface area contributed by atoms with E-state index in [1.165, 1.54) is 0 Å². The van der Waals surface area contributed by atoms with Gasteiger partial charge in [0.05, 0.1) is 0 Å². The van der Waals surface area contributed by atoms with E-state index >= 15 is 0 Å². The van der Waals surface area contributed by atoms with E-state index in [2.05, 4.69) is 29.4 Å². The highest BCUT2D eigenvalue weighted by molar-refractivity contribution is 4.85. The first-order chi connectivity index (χ1) is 7.63. The number of aromatic nitrogens is 2. The minimum atomic E-state index is -0.130. The number of aryl methyl sites for hydroxylation is 1. The van der Waals surface area contributed by atoms with Gasteiger partial charge in [-0.25, -0.2) is 0 Å². The molecule has 0 spiro atoms. The molecule has 5 nitrogen and oxygen atoms in total. The molecular formula is C11H21N3O2. The van der Waals surface area contributed by atoms with Gasteiger partial charge in [-0.1, -0.05) is 13.8 Å². The van der Waals surface area contributed by atoms with Crippen LogP contribution in [0.5, 0.6) is 0 Å². The van der Waals surface area contributed by atoms with Crippen molar-refractivity contribution in [2.45, 2.75) is 45.8 Å². The predicted molar refractivity (Wildman–Crippen MR) is 61.2 cm³/mol. The summed E-state index contributed by atoms with van der Waals surface area (Å²) in [6.45, 7) is 7.11. The number of ether oxygens (including phenoxy) is 1. The molecule has 0 saturated carbocycles. The molecular weight excluding hydrogens is 206 g/mol. The summed E-state index contributed by atoms with van der Waals surface area (Å²) in [5.41, 5.74) is 0. The van der Waals surface area contributed by atoms with Gasteiger partial charge in [0.2, 0.25) is 11.8 Å². The van der Waals surface area contributed by atoms with E-state index in [1.54, 1.807) is 7.11 Å². The van der Waals surface area contributed by atoms with Gasteiger partial charge in [-0.2, -0.15) is 0 Å². The molecule has 16 heavy (non-hydrogen) atoms. The summed E-state index contributed by atoms with van der Waals surface area (Å²) in [4.78, 5) is 0. The third-order valence-corrected chi connectivity index (χ3v) is 2.30. The second-order valence-corrected chi connectivity index (χ2v) is 4.12. The first-order valence-electron chi connectivity index (χ1n) is 5.72. The summed E-state index contributed by atoms with van der Waals surface area (Å²) in [7, 11) is 1.63. The van der Waals surface area contributed by atoms with Gasteiger partial charge in [-0.3, -0.25) is 0 Å². The molecule has 0 aliphatic rings. The Kier molecular flexibility index (Phi) is 5.42. The fraction of sp³-hybridized carbons (Fsp3) is 0.818. The highest BCUT2D eigenvalue weighted by atomic mass is 16.5. The topological polar surface area (TPSA) is 60.2 Å². The van der Waals surface area contributed by atoms with Gasteiger partial charge in [0.15, 0.2) is 0 Å². The highest BCUT2D eigenvalue weighted by Gasteiger charge is 2.12. The highest BCUT2D eigenvalue weighted by Crippen LogP contribution is 2.14. The average molecular weight is 227 g/mol. The Hall–Kier alpha value is -0.940. The lowest BCUT2D eigenvalue weighted by Gasteiger charge is -2.05. The fourth-order valence-electron chi connectivity index (χ4n) is 1.26. The van der Waals surface area contributed by atoms with Crippen LogP contribution in [0, 0.1) is 0 Å². The molecule has 0 aliphatic heterocycles. The molecule has 1 heterocycles. The summed E-state index contributed by atoms with van der Waals surface area (Å²) < 4.78 is 10.6. The molecule has 0 bridgehead atoms. The zero-order chi connectivity index (χ0) is 12.0. The summed E-state index contributed by atoms with van der Waals surface area (Å²) in [6, 6.07) is 0.520. The zero-order valence-corrected chi connectivity index (χ0v) is 10.5. The van der Waals surface area contributed by atoms with Crippen LogP contribution in [-0.2, 0) is 11.2 Å². The Morgan fingerprint density at radius 3 is 2.69 bits per heavy atom. The van der Waals surface area contributed by atoms with Crippen LogP contribution < -0.4 is 5.32 Å². The van der Waals surface area contributed by atoms with Crippen LogP contribution in [0.1, 0.15) is 45.1 Å². The van der Waals surface area contributed by atoms with Gasteiger partial charge in [-0.05, 0) is 19.9 Å². The van der Waals surface area contributed by atoms with Crippen molar-refractivity contribution < 1.29 is 9.15 Å². The number of nitrogens with zero attached hydrogens (tertiary/aromatic N) is 2. The number of hydrogen-bond acceptors (Lipinski definition) is 5. The standard InChI is InChI=1S/C11H21N3O2/c1-8(2)12-7-5-6-10-13-14-11(16-10)9(3)15-4/h8-9,12H,5-7H2,1-4H3. The molecule has 92 valence electrons. The van der Waals surface area contributed by atoms with Gasteiger partial charge in [0.1, 0.15) is 6.10 Å². The smallest absolute Gasteiger partial charge is 0.244 e. The van der Waals surface area contributed by atoms with Gasteiger partial charge in [0.25, 0.3) is 0 Å². The molecule has 0 radical (unpaired) electrons. The largest absolute Gasteiger partial charge is 0.422 e. The van der Waals surface area contributed by atoms with Crippen LogP contribution in [0.3, 0.4) is 0 Å². The quantitative estimate of drug-likeness (QED) is 0.718. The number of rotatable bonds is 7. The van der Waals surface area contributed by atoms with Crippen molar-refractivity contribution in [2.24, 2.45) is 0 Å². The average Bonchev–Trinajstić information content (AvgIpc) is 2.71. The molecule has 0 aromatic carbocycles. The van der Waals surface area contributed by atoms with Crippen LogP contribution in [0.4, 0.5) is 0 Å². The lowest BCUT2D eigenvalue weighted by atomic mass is 10.3. The van der Waals surface area contributed by atoms with Crippen LogP contribution in [0.25, 0.3) is 0 Å². The van der Waals surface area contributed by atoms with Crippen molar-refractivity contribution in [1.82, 2.24) is 15.5 Å². The summed E-state index contributed by atoms with van der Waals surface area (Å²) >= 11 is 0. The second kappa shape index (κ2) is 6.60. The van der Waals surface area contributed by atoms with Crippen molar-refractivity contribution in [3.63, 3.8) is 0 Å². The molecule has 0 saturated heterocycles. The minimum Gasteiger partial charge on any atom is -0.422 e. The Bertz CT molecular complexity index is 299. The Morgan fingerprint density at radius 2 is 2.06 bits per heavy atom. The van der Waals surface area contributed by atoms with E-state index in [1.807, 2.05) is 6.92 Å². The van der Waals surface area contributed by atoms with Gasteiger partial charge >= 0.3 is 0 Å². The molecule has 0 fully saturated rings. The molecule has 5 heteroatoms. The van der Waals surface area contributed by atoms with E-state index in [9.17, 15) is 0 Å². The monoisotopic (exact) mass is 227 g/mol. The second-order valence-electron chi connectivity index (χ2n) is 4.12. The summed E-state index contributed by atoms with van der Waals surface area (Å²) in [6.07, 6.45) is 1.68. The van der Waals surface area contributed by atoms with E-state index in [4.69, 9.17) is 9.15 Å². The number of methoxy groups -OCH3 is 1. The van der Waals surface area contributed by atoms with Crippen molar-refractivity contribution in [3.8, 4) is 0 Å². The third-order valence-electron chi connectivity index (χ3n) is 2.30. The van der Waals surface area contributed by atoms with Crippen LogP contribution in [-0.4, -0.2) is 29.9 Å².